The average Bonchev–Trinajstić information content (AvgIpc) is 3.52. The van der Waals surface area contributed by atoms with E-state index in [0.29, 0.717) is 52.5 Å². The quantitative estimate of drug-likeness (QED) is 0.299. The standard InChI is InChI=1S/C34H41N5O8/c1-8-25(41)37-17(4)34(43)36-13-24-27-20(31(47-18(5)40)16(3)32-33(27)46-14-45-32)11-22-28-26-19(9-15(2)30(44-7)29(26)42)10-21(38(28)6)23(12-35)39(22)24/h9,17,21-24,28,42H,8,10-11,13-14H2,1-7H3,(H,36,43)(H,37,41)/t17-,21?,22?,23-,24-,28?/m0/s1. The van der Waals surface area contributed by atoms with E-state index in [1.165, 1.54) is 14.0 Å². The molecule has 2 aromatic carbocycles. The summed E-state index contributed by atoms with van der Waals surface area (Å²) in [6.45, 7) is 8.38. The molecule has 2 aromatic rings. The van der Waals surface area contributed by atoms with Gasteiger partial charge in [0.05, 0.1) is 25.3 Å². The third-order valence-electron chi connectivity index (χ3n) is 10.1. The van der Waals surface area contributed by atoms with Crippen LogP contribution >= 0.6 is 0 Å². The number of phenols is 1. The smallest absolute Gasteiger partial charge is 0.308 e. The van der Waals surface area contributed by atoms with Crippen LogP contribution in [0.3, 0.4) is 0 Å². The molecule has 4 aliphatic rings. The first kappa shape index (κ1) is 32.4. The first-order valence-electron chi connectivity index (χ1n) is 15.9. The highest BCUT2D eigenvalue weighted by atomic mass is 16.7. The molecule has 13 heteroatoms. The Morgan fingerprint density at radius 1 is 1.15 bits per heavy atom. The third kappa shape index (κ3) is 5.10. The Bertz CT molecular complexity index is 1700. The zero-order valence-corrected chi connectivity index (χ0v) is 27.7. The van der Waals surface area contributed by atoms with Crippen LogP contribution in [0.1, 0.15) is 72.7 Å². The van der Waals surface area contributed by atoms with Crippen molar-refractivity contribution in [3.05, 3.63) is 39.4 Å². The molecule has 3 N–H and O–H groups in total. The van der Waals surface area contributed by atoms with Crippen LogP contribution in [-0.2, 0) is 27.2 Å². The van der Waals surface area contributed by atoms with Crippen LogP contribution in [0.25, 0.3) is 0 Å². The van der Waals surface area contributed by atoms with Gasteiger partial charge in [0.25, 0.3) is 0 Å². The van der Waals surface area contributed by atoms with Gasteiger partial charge < -0.3 is 34.7 Å². The maximum absolute atomic E-state index is 13.3. The van der Waals surface area contributed by atoms with Gasteiger partial charge in [-0.05, 0) is 51.8 Å². The number of aromatic hydroxyl groups is 1. The van der Waals surface area contributed by atoms with Crippen LogP contribution in [0.2, 0.25) is 0 Å². The minimum absolute atomic E-state index is 0.0369. The molecule has 0 spiro atoms. The fraction of sp³-hybridized carbons (Fsp3) is 0.529. The molecule has 2 amide bonds. The Balaban J connectivity index is 1.55. The fourth-order valence-electron chi connectivity index (χ4n) is 8.07. The molecule has 0 aromatic heterocycles. The second kappa shape index (κ2) is 12.2. The number of carbonyl (C=O) groups is 3. The van der Waals surface area contributed by atoms with E-state index in [1.807, 2.05) is 27.0 Å². The molecule has 4 heterocycles. The van der Waals surface area contributed by atoms with Crippen molar-refractivity contribution < 1.29 is 38.4 Å². The Morgan fingerprint density at radius 3 is 2.53 bits per heavy atom. The normalized spacial score (nSPS) is 24.6. The number of ether oxygens (including phenoxy) is 4. The number of carbonyl (C=O) groups excluding carboxylic acids is 3. The summed E-state index contributed by atoms with van der Waals surface area (Å²) in [4.78, 5) is 42.1. The van der Waals surface area contributed by atoms with E-state index in [-0.39, 0.29) is 49.4 Å². The van der Waals surface area contributed by atoms with Crippen molar-refractivity contribution >= 4 is 17.8 Å². The zero-order valence-electron chi connectivity index (χ0n) is 27.7. The number of benzene rings is 2. The number of amides is 2. The van der Waals surface area contributed by atoms with Gasteiger partial charge in [0.1, 0.15) is 17.8 Å². The summed E-state index contributed by atoms with van der Waals surface area (Å²) in [7, 11) is 3.49. The third-order valence-corrected chi connectivity index (χ3v) is 10.1. The molecular formula is C34H41N5O8. The maximum Gasteiger partial charge on any atom is 0.308 e. The van der Waals surface area contributed by atoms with Crippen molar-refractivity contribution in [1.82, 2.24) is 20.4 Å². The van der Waals surface area contributed by atoms with Crippen molar-refractivity contribution in [3.8, 4) is 34.8 Å². The molecule has 4 aliphatic heterocycles. The van der Waals surface area contributed by atoms with E-state index in [0.717, 1.165) is 16.7 Å². The van der Waals surface area contributed by atoms with Gasteiger partial charge in [-0.15, -0.1) is 0 Å². The lowest BCUT2D eigenvalue weighted by Crippen LogP contribution is -2.69. The zero-order chi connectivity index (χ0) is 33.9. The van der Waals surface area contributed by atoms with Crippen molar-refractivity contribution in [3.63, 3.8) is 0 Å². The summed E-state index contributed by atoms with van der Waals surface area (Å²) in [6, 6.07) is 1.54. The summed E-state index contributed by atoms with van der Waals surface area (Å²) < 4.78 is 23.4. The Hall–Kier alpha value is -4.54. The van der Waals surface area contributed by atoms with Crippen LogP contribution in [-0.4, -0.2) is 84.4 Å². The van der Waals surface area contributed by atoms with Crippen LogP contribution in [0.4, 0.5) is 0 Å². The predicted octanol–water partition coefficient (Wildman–Crippen LogP) is 2.47. The molecule has 0 saturated carbocycles. The van der Waals surface area contributed by atoms with Crippen molar-refractivity contribution in [2.24, 2.45) is 0 Å². The minimum atomic E-state index is -0.792. The Labute approximate surface area is 273 Å². The number of hydrogen-bond acceptors (Lipinski definition) is 11. The van der Waals surface area contributed by atoms with Gasteiger partial charge in [0.15, 0.2) is 23.0 Å². The molecule has 250 valence electrons. The summed E-state index contributed by atoms with van der Waals surface area (Å²) in [5, 5.41) is 28.2. The topological polar surface area (TPSA) is 163 Å². The molecule has 2 bridgehead atoms. The highest BCUT2D eigenvalue weighted by Crippen LogP contribution is 2.58. The van der Waals surface area contributed by atoms with Crippen LogP contribution in [0.5, 0.6) is 28.7 Å². The Morgan fingerprint density at radius 2 is 1.87 bits per heavy atom. The second-order valence-electron chi connectivity index (χ2n) is 12.7. The van der Waals surface area contributed by atoms with Crippen LogP contribution in [0, 0.1) is 25.2 Å². The summed E-state index contributed by atoms with van der Waals surface area (Å²) in [5.41, 5.74) is 4.48. The number of methoxy groups -OCH3 is 1. The number of phenolic OH excluding ortho intramolecular Hbond substituents is 1. The molecule has 6 rings (SSSR count). The molecule has 1 fully saturated rings. The summed E-state index contributed by atoms with van der Waals surface area (Å²) in [5.74, 6) is 0.613. The van der Waals surface area contributed by atoms with E-state index in [4.69, 9.17) is 18.9 Å². The van der Waals surface area contributed by atoms with Gasteiger partial charge in [-0.3, -0.25) is 24.2 Å². The molecule has 47 heavy (non-hydrogen) atoms. The molecule has 3 unspecified atom stereocenters. The van der Waals surface area contributed by atoms with Gasteiger partial charge in [-0.25, -0.2) is 0 Å². The van der Waals surface area contributed by atoms with E-state index < -0.39 is 30.1 Å². The lowest BCUT2D eigenvalue weighted by molar-refractivity contribution is -0.132. The van der Waals surface area contributed by atoms with Gasteiger partial charge in [0, 0.05) is 54.2 Å². The number of hydrogen-bond donors (Lipinski definition) is 3. The lowest BCUT2D eigenvalue weighted by Gasteiger charge is -2.60. The van der Waals surface area contributed by atoms with Gasteiger partial charge in [-0.2, -0.15) is 5.26 Å². The largest absolute Gasteiger partial charge is 0.504 e. The second-order valence-corrected chi connectivity index (χ2v) is 12.7. The monoisotopic (exact) mass is 647 g/mol. The van der Waals surface area contributed by atoms with Crippen molar-refractivity contribution in [2.45, 2.75) is 90.1 Å². The Kier molecular flexibility index (Phi) is 8.44. The molecule has 6 atom stereocenters. The fourth-order valence-corrected chi connectivity index (χ4v) is 8.07. The number of likely N-dealkylation sites (N-methyl/N-ethyl adjacent to an activating group) is 1. The summed E-state index contributed by atoms with van der Waals surface area (Å²) >= 11 is 0. The van der Waals surface area contributed by atoms with Crippen molar-refractivity contribution in [1.29, 1.82) is 5.26 Å². The molecule has 0 aliphatic carbocycles. The number of fused-ring (bicyclic) bond motifs is 9. The number of piperazine rings is 1. The van der Waals surface area contributed by atoms with E-state index in [2.05, 4.69) is 26.5 Å². The van der Waals surface area contributed by atoms with Crippen LogP contribution < -0.4 is 29.6 Å². The highest BCUT2D eigenvalue weighted by Gasteiger charge is 2.57. The number of rotatable bonds is 7. The minimum Gasteiger partial charge on any atom is -0.504 e. The van der Waals surface area contributed by atoms with Gasteiger partial charge in [-0.1, -0.05) is 13.0 Å². The number of nitriles is 1. The highest BCUT2D eigenvalue weighted by molar-refractivity contribution is 5.87. The van der Waals surface area contributed by atoms with E-state index >= 15 is 0 Å². The first-order chi connectivity index (χ1) is 22.4. The number of nitrogens with zero attached hydrogens (tertiary/aromatic N) is 3. The SMILES string of the molecule is CCC(=O)N[C@@H](C)C(=O)NC[C@H]1c2c(c(OC(C)=O)c(C)c3c2OCO3)CC2C3c4c(cc(C)c(OC)c4O)CC([C@H](C#N)N21)N3C. The van der Waals surface area contributed by atoms with Gasteiger partial charge >= 0.3 is 5.97 Å². The molecule has 0 radical (unpaired) electrons. The number of esters is 1. The summed E-state index contributed by atoms with van der Waals surface area (Å²) in [6.07, 6.45) is 1.10. The van der Waals surface area contributed by atoms with Gasteiger partial charge in [0.2, 0.25) is 18.6 Å². The predicted molar refractivity (Wildman–Crippen MR) is 168 cm³/mol. The first-order valence-corrected chi connectivity index (χ1v) is 15.9. The van der Waals surface area contributed by atoms with E-state index in [9.17, 15) is 24.8 Å². The van der Waals surface area contributed by atoms with Crippen LogP contribution in [0.15, 0.2) is 6.07 Å². The molecule has 1 saturated heterocycles. The maximum atomic E-state index is 13.3. The van der Waals surface area contributed by atoms with E-state index in [1.54, 1.807) is 13.8 Å². The van der Waals surface area contributed by atoms with Crippen molar-refractivity contribution in [2.75, 3.05) is 27.5 Å². The number of aryl methyl sites for hydroxylation is 1. The molecular weight excluding hydrogens is 606 g/mol. The molecule has 13 nitrogen and oxygen atoms in total. The lowest BCUT2D eigenvalue weighted by atomic mass is 9.71. The average molecular weight is 648 g/mol. The number of nitrogens with one attached hydrogen (secondary N) is 2.